The first-order valence-electron chi connectivity index (χ1n) is 18.9. The number of hydrogen-bond acceptors (Lipinski definition) is 6. The smallest absolute Gasteiger partial charge is 0.165 e. The minimum Gasteiger partial charge on any atom is -0.456 e. The van der Waals surface area contributed by atoms with Crippen molar-refractivity contribution in [1.82, 2.24) is 15.0 Å². The second kappa shape index (κ2) is 12.6. The van der Waals surface area contributed by atoms with E-state index in [0.717, 1.165) is 92.9 Å². The van der Waals surface area contributed by atoms with Crippen LogP contribution < -0.4 is 0 Å². The summed E-state index contributed by atoms with van der Waals surface area (Å²) in [7, 11) is 0. The second-order valence-electron chi connectivity index (χ2n) is 14.2. The van der Waals surface area contributed by atoms with Gasteiger partial charge in [0.15, 0.2) is 17.5 Å². The van der Waals surface area contributed by atoms with E-state index in [2.05, 4.69) is 97.1 Å². The van der Waals surface area contributed by atoms with Gasteiger partial charge in [0.1, 0.15) is 22.3 Å². The molecule has 0 bridgehead atoms. The molecule has 0 aliphatic carbocycles. The molecule has 12 rings (SSSR count). The first kappa shape index (κ1) is 31.9. The Hall–Kier alpha value is -7.41. The van der Waals surface area contributed by atoms with Gasteiger partial charge in [-0.3, -0.25) is 0 Å². The predicted molar refractivity (Wildman–Crippen MR) is 234 cm³/mol. The lowest BCUT2D eigenvalue weighted by Crippen LogP contribution is -2.00. The maximum Gasteiger partial charge on any atom is 0.165 e. The molecule has 266 valence electrons. The average Bonchev–Trinajstić information content (AvgIpc) is 3.98. The summed E-state index contributed by atoms with van der Waals surface area (Å²) < 4.78 is 15.6. The van der Waals surface area contributed by atoms with Crippen LogP contribution >= 0.6 is 11.3 Å². The predicted octanol–water partition coefficient (Wildman–Crippen LogP) is 14.4. The molecule has 8 aromatic carbocycles. The summed E-state index contributed by atoms with van der Waals surface area (Å²) >= 11 is 1.77. The molecule has 0 aliphatic rings. The van der Waals surface area contributed by atoms with Gasteiger partial charge in [0.2, 0.25) is 0 Å². The van der Waals surface area contributed by atoms with Crippen LogP contribution in [0.4, 0.5) is 0 Å². The maximum absolute atomic E-state index is 7.03. The Balaban J connectivity index is 1.06. The molecule has 6 heteroatoms. The summed E-state index contributed by atoms with van der Waals surface area (Å²) in [6, 6.07) is 60.7. The van der Waals surface area contributed by atoms with E-state index in [1.807, 2.05) is 78.9 Å². The molecule has 0 radical (unpaired) electrons. The zero-order valence-electron chi connectivity index (χ0n) is 30.3. The number of benzene rings is 8. The van der Waals surface area contributed by atoms with Crippen molar-refractivity contribution in [3.05, 3.63) is 176 Å². The van der Waals surface area contributed by atoms with Gasteiger partial charge >= 0.3 is 0 Å². The van der Waals surface area contributed by atoms with Gasteiger partial charge in [-0.2, -0.15) is 0 Å². The molecule has 0 unspecified atom stereocenters. The number of rotatable bonds is 5. The van der Waals surface area contributed by atoms with Crippen molar-refractivity contribution in [3.63, 3.8) is 0 Å². The molecule has 0 spiro atoms. The second-order valence-corrected chi connectivity index (χ2v) is 15.3. The molecule has 0 saturated heterocycles. The third-order valence-corrected chi connectivity index (χ3v) is 12.3. The van der Waals surface area contributed by atoms with Gasteiger partial charge in [0.25, 0.3) is 0 Å². The summed E-state index contributed by atoms with van der Waals surface area (Å²) in [5.41, 5.74) is 10.6. The Labute approximate surface area is 330 Å². The van der Waals surface area contributed by atoms with Crippen molar-refractivity contribution in [3.8, 4) is 56.4 Å². The van der Waals surface area contributed by atoms with Gasteiger partial charge in [-0.05, 0) is 23.8 Å². The van der Waals surface area contributed by atoms with E-state index < -0.39 is 0 Å². The molecular formula is C51H29N3O2S. The highest BCUT2D eigenvalue weighted by Crippen LogP contribution is 2.47. The number of hydrogen-bond donors (Lipinski definition) is 0. The SMILES string of the molecule is c1ccc(-c2nc(-c3ccccc3)nc(-c3cccc4c3sc3c(-c5cccc6c5oc5c(-c7cccc8oc9ccccc9c78)cccc56)cccc34)n2)cc1. The molecule has 0 amide bonds. The highest BCUT2D eigenvalue weighted by molar-refractivity contribution is 7.26. The fourth-order valence-corrected chi connectivity index (χ4v) is 9.72. The summed E-state index contributed by atoms with van der Waals surface area (Å²) in [5, 5.41) is 6.70. The normalized spacial score (nSPS) is 11.9. The quantitative estimate of drug-likeness (QED) is 0.175. The molecule has 0 atom stereocenters. The first-order chi connectivity index (χ1) is 28.3. The zero-order valence-corrected chi connectivity index (χ0v) is 31.1. The molecule has 0 aliphatic heterocycles. The molecule has 0 N–H and O–H groups in total. The van der Waals surface area contributed by atoms with Crippen LogP contribution in [0.25, 0.3) is 120 Å². The van der Waals surface area contributed by atoms with Gasteiger partial charge in [-0.1, -0.05) is 158 Å². The van der Waals surface area contributed by atoms with E-state index in [1.165, 1.54) is 10.1 Å². The van der Waals surface area contributed by atoms with Crippen LogP contribution in [0, 0.1) is 0 Å². The lowest BCUT2D eigenvalue weighted by atomic mass is 9.97. The Morgan fingerprint density at radius 1 is 0.316 bits per heavy atom. The number of para-hydroxylation sites is 3. The highest BCUT2D eigenvalue weighted by Gasteiger charge is 2.22. The Morgan fingerprint density at radius 2 is 0.772 bits per heavy atom. The summed E-state index contributed by atoms with van der Waals surface area (Å²) in [6.45, 7) is 0. The maximum atomic E-state index is 7.03. The van der Waals surface area contributed by atoms with Gasteiger partial charge in [-0.15, -0.1) is 11.3 Å². The van der Waals surface area contributed by atoms with E-state index in [0.29, 0.717) is 17.5 Å². The van der Waals surface area contributed by atoms with E-state index >= 15 is 0 Å². The van der Waals surface area contributed by atoms with Crippen LogP contribution in [-0.4, -0.2) is 15.0 Å². The lowest BCUT2D eigenvalue weighted by Gasteiger charge is -2.09. The van der Waals surface area contributed by atoms with Crippen LogP contribution in [0.1, 0.15) is 0 Å². The minimum absolute atomic E-state index is 0.645. The summed E-state index contributed by atoms with van der Waals surface area (Å²) in [4.78, 5) is 15.1. The standard InChI is InChI=1S/C51H29N3O2S/c1-3-14-30(15-4-1)49-52-50(31-16-5-2-6-17-31)54-51(53-49)41-27-12-26-39-38-25-11-24-37(47(38)57-48(39)41)36-23-10-22-35-34-21-9-20-33(45(34)56-46(35)36)32-19-13-29-43-44(32)40-18-7-8-28-42(40)55-43/h1-29H. The van der Waals surface area contributed by atoms with Crippen molar-refractivity contribution in [2.75, 3.05) is 0 Å². The number of furan rings is 2. The minimum atomic E-state index is 0.645. The van der Waals surface area contributed by atoms with Crippen LogP contribution in [0.2, 0.25) is 0 Å². The fraction of sp³-hybridized carbons (Fsp3) is 0. The van der Waals surface area contributed by atoms with Gasteiger partial charge in [0, 0.05) is 75.1 Å². The molecule has 0 fully saturated rings. The van der Waals surface area contributed by atoms with Crippen LogP contribution in [0.3, 0.4) is 0 Å². The Morgan fingerprint density at radius 3 is 1.44 bits per heavy atom. The van der Waals surface area contributed by atoms with Crippen molar-refractivity contribution in [2.24, 2.45) is 0 Å². The van der Waals surface area contributed by atoms with E-state index in [9.17, 15) is 0 Å². The Kier molecular flexibility index (Phi) is 7.03. The van der Waals surface area contributed by atoms with Crippen LogP contribution in [0.5, 0.6) is 0 Å². The number of aromatic nitrogens is 3. The van der Waals surface area contributed by atoms with Crippen LogP contribution in [0.15, 0.2) is 185 Å². The topological polar surface area (TPSA) is 65.0 Å². The molecule has 12 aromatic rings. The van der Waals surface area contributed by atoms with Crippen molar-refractivity contribution >= 4 is 75.4 Å². The van der Waals surface area contributed by atoms with Gasteiger partial charge in [-0.25, -0.2) is 15.0 Å². The van der Waals surface area contributed by atoms with E-state index in [4.69, 9.17) is 23.8 Å². The highest BCUT2D eigenvalue weighted by atomic mass is 32.1. The fourth-order valence-electron chi connectivity index (χ4n) is 8.38. The molecule has 57 heavy (non-hydrogen) atoms. The average molecular weight is 748 g/mol. The zero-order chi connectivity index (χ0) is 37.5. The molecular weight excluding hydrogens is 719 g/mol. The van der Waals surface area contributed by atoms with E-state index in [-0.39, 0.29) is 0 Å². The number of thiophene rings is 1. The van der Waals surface area contributed by atoms with Crippen molar-refractivity contribution in [2.45, 2.75) is 0 Å². The monoisotopic (exact) mass is 747 g/mol. The molecule has 4 aromatic heterocycles. The first-order valence-corrected chi connectivity index (χ1v) is 19.8. The molecule has 5 nitrogen and oxygen atoms in total. The van der Waals surface area contributed by atoms with Crippen molar-refractivity contribution < 1.29 is 8.83 Å². The number of nitrogens with zero attached hydrogens (tertiary/aromatic N) is 3. The third-order valence-electron chi connectivity index (χ3n) is 11.0. The third kappa shape index (κ3) is 4.98. The summed E-state index contributed by atoms with van der Waals surface area (Å²) in [6.07, 6.45) is 0. The lowest BCUT2D eigenvalue weighted by molar-refractivity contribution is 0.669. The van der Waals surface area contributed by atoms with Crippen LogP contribution in [-0.2, 0) is 0 Å². The van der Waals surface area contributed by atoms with Crippen molar-refractivity contribution in [1.29, 1.82) is 0 Å². The molecule has 0 saturated carbocycles. The summed E-state index contributed by atoms with van der Waals surface area (Å²) in [5.74, 6) is 1.94. The largest absolute Gasteiger partial charge is 0.456 e. The number of fused-ring (bicyclic) bond motifs is 9. The van der Waals surface area contributed by atoms with Gasteiger partial charge < -0.3 is 8.83 Å². The Bertz CT molecular complexity index is 3470. The van der Waals surface area contributed by atoms with Gasteiger partial charge in [0.05, 0.1) is 0 Å². The molecule has 4 heterocycles. The van der Waals surface area contributed by atoms with E-state index in [1.54, 1.807) is 11.3 Å².